The summed E-state index contributed by atoms with van der Waals surface area (Å²) in [5, 5.41) is 2.89. The highest BCUT2D eigenvalue weighted by molar-refractivity contribution is 7.89. The Bertz CT molecular complexity index is 1060. The summed E-state index contributed by atoms with van der Waals surface area (Å²) in [4.78, 5) is 17.1. The minimum atomic E-state index is -3.55. The molecule has 0 saturated carbocycles. The van der Waals surface area contributed by atoms with Gasteiger partial charge in [-0.1, -0.05) is 12.1 Å². The zero-order valence-electron chi connectivity index (χ0n) is 18.3. The maximum absolute atomic E-state index is 14.0. The van der Waals surface area contributed by atoms with Crippen molar-refractivity contribution in [2.24, 2.45) is 7.05 Å². The fourth-order valence-corrected chi connectivity index (χ4v) is 5.91. The maximum atomic E-state index is 14.0. The zero-order valence-corrected chi connectivity index (χ0v) is 19.2. The fourth-order valence-electron chi connectivity index (χ4n) is 4.32. The average Bonchev–Trinajstić information content (AvgIpc) is 3.45. The van der Waals surface area contributed by atoms with Crippen LogP contribution < -0.4 is 10.2 Å². The SMILES string of the molecule is Cn1cc(S(=O)(=O)N2CCCC2)cc1C(=O)NCCN1CCN(c2ccccc2F)CC1. The minimum Gasteiger partial charge on any atom is -0.367 e. The Labute approximate surface area is 188 Å². The molecule has 1 amide bonds. The lowest BCUT2D eigenvalue weighted by Gasteiger charge is -2.36. The van der Waals surface area contributed by atoms with Gasteiger partial charge in [0.05, 0.1) is 5.69 Å². The van der Waals surface area contributed by atoms with E-state index in [4.69, 9.17) is 0 Å². The number of sulfonamides is 1. The third kappa shape index (κ3) is 4.82. The number of aryl methyl sites for hydroxylation is 1. The quantitative estimate of drug-likeness (QED) is 0.674. The Morgan fingerprint density at radius 2 is 1.75 bits per heavy atom. The number of carbonyl (C=O) groups is 1. The van der Waals surface area contributed by atoms with Crippen LogP contribution in [0.1, 0.15) is 23.3 Å². The monoisotopic (exact) mass is 463 g/mol. The number of nitrogens with zero attached hydrogens (tertiary/aromatic N) is 4. The van der Waals surface area contributed by atoms with Crippen molar-refractivity contribution in [3.8, 4) is 0 Å². The lowest BCUT2D eigenvalue weighted by molar-refractivity contribution is 0.0939. The Balaban J connectivity index is 1.27. The van der Waals surface area contributed by atoms with Gasteiger partial charge >= 0.3 is 0 Å². The van der Waals surface area contributed by atoms with Crippen LogP contribution >= 0.6 is 0 Å². The van der Waals surface area contributed by atoms with Crippen molar-refractivity contribution < 1.29 is 17.6 Å². The number of anilines is 1. The van der Waals surface area contributed by atoms with Crippen molar-refractivity contribution in [3.63, 3.8) is 0 Å². The Kier molecular flexibility index (Phi) is 6.82. The van der Waals surface area contributed by atoms with Gasteiger partial charge in [0.15, 0.2) is 0 Å². The second-order valence-electron chi connectivity index (χ2n) is 8.32. The van der Waals surface area contributed by atoms with Crippen LogP contribution in [-0.2, 0) is 17.1 Å². The number of hydrogen-bond acceptors (Lipinski definition) is 5. The molecule has 2 saturated heterocycles. The van der Waals surface area contributed by atoms with Crippen molar-refractivity contribution >= 4 is 21.6 Å². The molecule has 0 unspecified atom stereocenters. The van der Waals surface area contributed by atoms with E-state index in [9.17, 15) is 17.6 Å². The smallest absolute Gasteiger partial charge is 0.267 e. The van der Waals surface area contributed by atoms with Gasteiger partial charge in [0.2, 0.25) is 10.0 Å². The molecule has 2 aliphatic heterocycles. The first-order valence-electron chi connectivity index (χ1n) is 11.0. The Morgan fingerprint density at radius 3 is 2.44 bits per heavy atom. The predicted molar refractivity (Wildman–Crippen MR) is 121 cm³/mol. The number of carbonyl (C=O) groups excluding carboxylic acids is 1. The van der Waals surface area contributed by atoms with Gasteiger partial charge in [-0.3, -0.25) is 9.69 Å². The Hall–Kier alpha value is -2.43. The van der Waals surface area contributed by atoms with Gasteiger partial charge in [-0.05, 0) is 31.0 Å². The molecule has 174 valence electrons. The molecule has 2 aliphatic rings. The standard InChI is InChI=1S/C22H30FN5O3S/c1-25-17-18(32(30,31)28-9-4-5-10-28)16-21(25)22(29)24-8-11-26-12-14-27(15-13-26)20-7-3-2-6-19(20)23/h2-3,6-7,16-17H,4-5,8-15H2,1H3,(H,24,29). The summed E-state index contributed by atoms with van der Waals surface area (Å²) in [6.45, 7) is 5.22. The fraction of sp³-hybridized carbons (Fsp3) is 0.500. The van der Waals surface area contributed by atoms with Gasteiger partial charge in [0.1, 0.15) is 16.4 Å². The topological polar surface area (TPSA) is 77.9 Å². The summed E-state index contributed by atoms with van der Waals surface area (Å²) in [7, 11) is -1.87. The summed E-state index contributed by atoms with van der Waals surface area (Å²) in [5.74, 6) is -0.498. The molecule has 10 heteroatoms. The van der Waals surface area contributed by atoms with Crippen molar-refractivity contribution in [1.82, 2.24) is 19.1 Å². The van der Waals surface area contributed by atoms with Gasteiger partial charge in [-0.15, -0.1) is 0 Å². The molecular weight excluding hydrogens is 433 g/mol. The van der Waals surface area contributed by atoms with E-state index >= 15 is 0 Å². The number of aromatic nitrogens is 1. The van der Waals surface area contributed by atoms with E-state index in [1.54, 1.807) is 23.7 Å². The summed E-state index contributed by atoms with van der Waals surface area (Å²) < 4.78 is 42.5. The molecule has 2 fully saturated rings. The Morgan fingerprint density at radius 1 is 1.06 bits per heavy atom. The lowest BCUT2D eigenvalue weighted by atomic mass is 10.2. The number of halogens is 1. The molecule has 0 spiro atoms. The molecule has 4 rings (SSSR count). The van der Waals surface area contributed by atoms with Gasteiger partial charge in [-0.25, -0.2) is 12.8 Å². The lowest BCUT2D eigenvalue weighted by Crippen LogP contribution is -2.48. The molecule has 0 aliphatic carbocycles. The van der Waals surface area contributed by atoms with Gasteiger partial charge in [0.25, 0.3) is 5.91 Å². The largest absolute Gasteiger partial charge is 0.367 e. The molecule has 1 aromatic heterocycles. The van der Waals surface area contributed by atoms with Crippen molar-refractivity contribution in [3.05, 3.63) is 48.0 Å². The van der Waals surface area contributed by atoms with E-state index in [0.29, 0.717) is 37.6 Å². The van der Waals surface area contributed by atoms with Crippen LogP contribution in [0.5, 0.6) is 0 Å². The van der Waals surface area contributed by atoms with E-state index < -0.39 is 10.0 Å². The van der Waals surface area contributed by atoms with Crippen molar-refractivity contribution in [2.75, 3.05) is 57.3 Å². The third-order valence-corrected chi connectivity index (χ3v) is 8.06. The van der Waals surface area contributed by atoms with E-state index in [-0.39, 0.29) is 16.6 Å². The number of nitrogens with one attached hydrogen (secondary N) is 1. The first-order valence-corrected chi connectivity index (χ1v) is 12.5. The predicted octanol–water partition coefficient (Wildman–Crippen LogP) is 1.50. The third-order valence-electron chi connectivity index (χ3n) is 6.19. The zero-order chi connectivity index (χ0) is 22.7. The van der Waals surface area contributed by atoms with Gasteiger partial charge in [-0.2, -0.15) is 4.31 Å². The normalized spacial score (nSPS) is 18.2. The molecule has 0 atom stereocenters. The van der Waals surface area contributed by atoms with E-state index in [1.165, 1.54) is 22.6 Å². The average molecular weight is 464 g/mol. The van der Waals surface area contributed by atoms with E-state index in [1.807, 2.05) is 11.0 Å². The van der Waals surface area contributed by atoms with Gasteiger partial charge < -0.3 is 14.8 Å². The first kappa shape index (κ1) is 22.8. The van der Waals surface area contributed by atoms with Crippen LogP contribution in [0.3, 0.4) is 0 Å². The van der Waals surface area contributed by atoms with E-state index in [0.717, 1.165) is 39.0 Å². The number of hydrogen-bond donors (Lipinski definition) is 1. The molecular formula is C22H30FN5O3S. The molecule has 0 bridgehead atoms. The summed E-state index contributed by atoms with van der Waals surface area (Å²) in [6, 6.07) is 8.25. The summed E-state index contributed by atoms with van der Waals surface area (Å²) >= 11 is 0. The highest BCUT2D eigenvalue weighted by Gasteiger charge is 2.29. The molecule has 32 heavy (non-hydrogen) atoms. The number of para-hydroxylation sites is 1. The second-order valence-corrected chi connectivity index (χ2v) is 10.3. The van der Waals surface area contributed by atoms with Crippen LogP contribution in [0.15, 0.2) is 41.4 Å². The van der Waals surface area contributed by atoms with Crippen LogP contribution in [0.2, 0.25) is 0 Å². The van der Waals surface area contributed by atoms with Crippen LogP contribution in [0.4, 0.5) is 10.1 Å². The second kappa shape index (κ2) is 9.60. The number of piperazine rings is 1. The van der Waals surface area contributed by atoms with Crippen LogP contribution in [-0.4, -0.2) is 80.5 Å². The highest BCUT2D eigenvalue weighted by Crippen LogP contribution is 2.23. The number of rotatable bonds is 7. The first-order chi connectivity index (χ1) is 15.4. The number of benzene rings is 1. The van der Waals surface area contributed by atoms with Crippen molar-refractivity contribution in [2.45, 2.75) is 17.7 Å². The molecule has 8 nitrogen and oxygen atoms in total. The molecule has 1 aromatic carbocycles. The maximum Gasteiger partial charge on any atom is 0.267 e. The molecule has 0 radical (unpaired) electrons. The van der Waals surface area contributed by atoms with Crippen LogP contribution in [0.25, 0.3) is 0 Å². The number of amides is 1. The van der Waals surface area contributed by atoms with Gasteiger partial charge in [0, 0.05) is 65.6 Å². The van der Waals surface area contributed by atoms with Crippen LogP contribution in [0, 0.1) is 5.82 Å². The summed E-state index contributed by atoms with van der Waals surface area (Å²) in [6.07, 6.45) is 3.24. The van der Waals surface area contributed by atoms with Crippen molar-refractivity contribution in [1.29, 1.82) is 0 Å². The molecule has 2 aromatic rings. The minimum absolute atomic E-state index is 0.163. The molecule has 3 heterocycles. The summed E-state index contributed by atoms with van der Waals surface area (Å²) in [5.41, 5.74) is 0.955. The molecule has 1 N–H and O–H groups in total. The van der Waals surface area contributed by atoms with E-state index in [2.05, 4.69) is 10.2 Å². The highest BCUT2D eigenvalue weighted by atomic mass is 32.2.